The Morgan fingerprint density at radius 3 is 2.77 bits per heavy atom. The minimum atomic E-state index is -0.503. The van der Waals surface area contributed by atoms with Gasteiger partial charge >= 0.3 is 0 Å². The number of aryl methyl sites for hydroxylation is 1. The summed E-state index contributed by atoms with van der Waals surface area (Å²) in [6, 6.07) is 13.2. The Labute approximate surface area is 179 Å². The number of carbonyl (C=O) groups excluding carboxylic acids is 1. The fraction of sp³-hybridized carbons (Fsp3) is 0.273. The zero-order valence-corrected chi connectivity index (χ0v) is 17.8. The molecule has 0 spiro atoms. The van der Waals surface area contributed by atoms with Crippen LogP contribution < -0.4 is 10.1 Å². The van der Waals surface area contributed by atoms with E-state index in [0.29, 0.717) is 10.8 Å². The van der Waals surface area contributed by atoms with E-state index in [2.05, 4.69) is 22.4 Å². The molecule has 0 aliphatic heterocycles. The Morgan fingerprint density at radius 2 is 2.07 bits per heavy atom. The smallest absolute Gasteiger partial charge is 0.268 e. The van der Waals surface area contributed by atoms with Crippen LogP contribution in [0, 0.1) is 11.3 Å². The second-order valence-electron chi connectivity index (χ2n) is 6.58. The van der Waals surface area contributed by atoms with Crippen molar-refractivity contribution in [2.45, 2.75) is 32.6 Å². The number of nitrogens with zero attached hydrogens (tertiary/aromatic N) is 4. The van der Waals surface area contributed by atoms with Crippen molar-refractivity contribution in [1.29, 1.82) is 5.26 Å². The Bertz CT molecular complexity index is 1060. The molecule has 1 amide bonds. The van der Waals surface area contributed by atoms with E-state index in [1.165, 1.54) is 11.3 Å². The lowest BCUT2D eigenvalue weighted by atomic mass is 10.2. The topological polar surface area (TPSA) is 92.8 Å². The van der Waals surface area contributed by atoms with Gasteiger partial charge in [0, 0.05) is 24.0 Å². The van der Waals surface area contributed by atoms with Gasteiger partial charge in [-0.05, 0) is 48.9 Å². The highest BCUT2D eigenvalue weighted by Crippen LogP contribution is 2.21. The van der Waals surface area contributed by atoms with Gasteiger partial charge in [0.1, 0.15) is 22.4 Å². The van der Waals surface area contributed by atoms with Gasteiger partial charge in [-0.15, -0.1) is 10.2 Å². The number of ether oxygens (including phenoxy) is 1. The number of hydrogen-bond acceptors (Lipinski definition) is 6. The van der Waals surface area contributed by atoms with E-state index in [4.69, 9.17) is 4.74 Å². The fourth-order valence-electron chi connectivity index (χ4n) is 2.88. The summed E-state index contributed by atoms with van der Waals surface area (Å²) in [5, 5.41) is 21.6. The van der Waals surface area contributed by atoms with Gasteiger partial charge in [-0.25, -0.2) is 0 Å². The summed E-state index contributed by atoms with van der Waals surface area (Å²) in [4.78, 5) is 12.6. The van der Waals surface area contributed by atoms with Gasteiger partial charge in [0.2, 0.25) is 5.13 Å². The maximum Gasteiger partial charge on any atom is 0.268 e. The van der Waals surface area contributed by atoms with E-state index in [0.717, 1.165) is 42.1 Å². The zero-order chi connectivity index (χ0) is 21.3. The lowest BCUT2D eigenvalue weighted by molar-refractivity contribution is -0.112. The molecule has 3 rings (SSSR count). The quantitative estimate of drug-likeness (QED) is 0.309. The third-order valence-electron chi connectivity index (χ3n) is 4.47. The predicted molar refractivity (Wildman–Crippen MR) is 118 cm³/mol. The Kier molecular flexibility index (Phi) is 7.35. The number of carbonyl (C=O) groups is 1. The molecule has 0 radical (unpaired) electrons. The van der Waals surface area contributed by atoms with Gasteiger partial charge in [0.25, 0.3) is 5.91 Å². The van der Waals surface area contributed by atoms with Crippen molar-refractivity contribution in [2.75, 3.05) is 12.4 Å². The number of hydrogen-bond donors (Lipinski definition) is 1. The van der Waals surface area contributed by atoms with Crippen LogP contribution >= 0.6 is 11.3 Å². The maximum atomic E-state index is 12.6. The number of aromatic nitrogens is 3. The highest BCUT2D eigenvalue weighted by Gasteiger charge is 2.14. The first kappa shape index (κ1) is 21.3. The first-order chi connectivity index (χ1) is 14.6. The summed E-state index contributed by atoms with van der Waals surface area (Å²) in [6.45, 7) is 2.15. The summed E-state index contributed by atoms with van der Waals surface area (Å²) in [6.07, 6.45) is 7.59. The van der Waals surface area contributed by atoms with Gasteiger partial charge < -0.3 is 9.30 Å². The van der Waals surface area contributed by atoms with E-state index >= 15 is 0 Å². The van der Waals surface area contributed by atoms with Crippen LogP contribution in [0.4, 0.5) is 5.13 Å². The minimum absolute atomic E-state index is 0.00815. The number of nitrogens with one attached hydrogen (secondary N) is 1. The molecular formula is C22H23N5O2S. The van der Waals surface area contributed by atoms with E-state index in [9.17, 15) is 10.1 Å². The molecule has 0 fully saturated rings. The molecular weight excluding hydrogens is 398 g/mol. The molecule has 0 saturated carbocycles. The van der Waals surface area contributed by atoms with Crippen LogP contribution in [0.2, 0.25) is 0 Å². The zero-order valence-electron chi connectivity index (χ0n) is 17.0. The third kappa shape index (κ3) is 5.33. The van der Waals surface area contributed by atoms with Gasteiger partial charge in [-0.1, -0.05) is 31.1 Å². The number of anilines is 1. The van der Waals surface area contributed by atoms with E-state index < -0.39 is 5.91 Å². The molecule has 0 aliphatic rings. The molecule has 8 heteroatoms. The number of rotatable bonds is 9. The fourth-order valence-corrected chi connectivity index (χ4v) is 3.66. The van der Waals surface area contributed by atoms with E-state index in [-0.39, 0.29) is 5.57 Å². The molecule has 0 bridgehead atoms. The molecule has 3 aromatic rings. The lowest BCUT2D eigenvalue weighted by Gasteiger charge is -2.08. The van der Waals surface area contributed by atoms with Crippen molar-refractivity contribution < 1.29 is 9.53 Å². The van der Waals surface area contributed by atoms with Crippen molar-refractivity contribution in [2.24, 2.45) is 0 Å². The number of unbranched alkanes of at least 4 members (excludes halogenated alkanes) is 2. The van der Waals surface area contributed by atoms with Crippen molar-refractivity contribution in [3.63, 3.8) is 0 Å². The van der Waals surface area contributed by atoms with Gasteiger partial charge in [-0.3, -0.25) is 10.1 Å². The lowest BCUT2D eigenvalue weighted by Crippen LogP contribution is -2.13. The van der Waals surface area contributed by atoms with E-state index in [1.807, 2.05) is 53.2 Å². The summed E-state index contributed by atoms with van der Waals surface area (Å²) >= 11 is 1.34. The SMILES string of the molecule is CCCCCc1nnc(NC(=O)/C(C#N)=C\c2cccn2-c2ccc(OC)cc2)s1. The van der Waals surface area contributed by atoms with Crippen LogP contribution in [0.3, 0.4) is 0 Å². The first-order valence-electron chi connectivity index (χ1n) is 9.72. The van der Waals surface area contributed by atoms with Gasteiger partial charge in [0.15, 0.2) is 0 Å². The molecule has 0 aliphatic carbocycles. The highest BCUT2D eigenvalue weighted by atomic mass is 32.1. The number of methoxy groups -OCH3 is 1. The molecule has 0 unspecified atom stereocenters. The normalized spacial score (nSPS) is 11.2. The van der Waals surface area contributed by atoms with Crippen molar-refractivity contribution in [1.82, 2.24) is 14.8 Å². The Morgan fingerprint density at radius 1 is 1.27 bits per heavy atom. The molecule has 1 aromatic carbocycles. The average molecular weight is 422 g/mol. The Balaban J connectivity index is 1.74. The summed E-state index contributed by atoms with van der Waals surface area (Å²) in [5.74, 6) is 0.252. The second-order valence-corrected chi connectivity index (χ2v) is 7.65. The molecule has 2 aromatic heterocycles. The average Bonchev–Trinajstić information content (AvgIpc) is 3.41. The number of amides is 1. The minimum Gasteiger partial charge on any atom is -0.497 e. The van der Waals surface area contributed by atoms with Crippen LogP contribution in [-0.4, -0.2) is 27.8 Å². The first-order valence-corrected chi connectivity index (χ1v) is 10.5. The maximum absolute atomic E-state index is 12.6. The van der Waals surface area contributed by atoms with Crippen LogP contribution in [-0.2, 0) is 11.2 Å². The van der Waals surface area contributed by atoms with Crippen molar-refractivity contribution in [3.8, 4) is 17.5 Å². The van der Waals surface area contributed by atoms with Crippen molar-refractivity contribution >= 4 is 28.5 Å². The van der Waals surface area contributed by atoms with Crippen LogP contribution in [0.1, 0.15) is 36.9 Å². The largest absolute Gasteiger partial charge is 0.497 e. The van der Waals surface area contributed by atoms with Crippen LogP contribution in [0.25, 0.3) is 11.8 Å². The second kappa shape index (κ2) is 10.4. The Hall–Kier alpha value is -3.44. The summed E-state index contributed by atoms with van der Waals surface area (Å²) < 4.78 is 7.08. The molecule has 0 saturated heterocycles. The number of nitriles is 1. The molecule has 7 nitrogen and oxygen atoms in total. The predicted octanol–water partition coefficient (Wildman–Crippen LogP) is 4.62. The van der Waals surface area contributed by atoms with Crippen LogP contribution in [0.15, 0.2) is 48.2 Å². The standard InChI is InChI=1S/C22H23N5O2S/c1-3-4-5-8-20-25-26-22(30-20)24-21(28)16(15-23)14-18-7-6-13-27(18)17-9-11-19(29-2)12-10-17/h6-7,9-14H,3-5,8H2,1-2H3,(H,24,26,28)/b16-14-. The van der Waals surface area contributed by atoms with Gasteiger partial charge in [0.05, 0.1) is 7.11 Å². The van der Waals surface area contributed by atoms with Gasteiger partial charge in [-0.2, -0.15) is 5.26 Å². The summed E-state index contributed by atoms with van der Waals surface area (Å²) in [5.41, 5.74) is 1.60. The number of benzene rings is 1. The molecule has 30 heavy (non-hydrogen) atoms. The third-order valence-corrected chi connectivity index (χ3v) is 5.37. The van der Waals surface area contributed by atoms with E-state index in [1.54, 1.807) is 13.2 Å². The van der Waals surface area contributed by atoms with Crippen molar-refractivity contribution in [3.05, 3.63) is 58.9 Å². The summed E-state index contributed by atoms with van der Waals surface area (Å²) in [7, 11) is 1.61. The molecule has 154 valence electrons. The highest BCUT2D eigenvalue weighted by molar-refractivity contribution is 7.15. The molecule has 0 atom stereocenters. The molecule has 2 heterocycles. The monoisotopic (exact) mass is 421 g/mol. The molecule has 1 N–H and O–H groups in total. The van der Waals surface area contributed by atoms with Crippen LogP contribution in [0.5, 0.6) is 5.75 Å².